The van der Waals surface area contributed by atoms with E-state index in [0.29, 0.717) is 21.7 Å². The zero-order valence-electron chi connectivity index (χ0n) is 11.2. The lowest BCUT2D eigenvalue weighted by molar-refractivity contribution is 0.220. The predicted molar refractivity (Wildman–Crippen MR) is 76.1 cm³/mol. The van der Waals surface area contributed by atoms with Crippen LogP contribution in [0.1, 0.15) is 33.9 Å². The summed E-state index contributed by atoms with van der Waals surface area (Å²) in [5.41, 5.74) is 3.44. The Kier molecular flexibility index (Phi) is 3.93. The van der Waals surface area contributed by atoms with E-state index >= 15 is 0 Å². The molecule has 2 aromatic carbocycles. The Hall–Kier alpha value is -1.38. The Morgan fingerprint density at radius 1 is 0.947 bits per heavy atom. The molecule has 100 valence electrons. The summed E-state index contributed by atoms with van der Waals surface area (Å²) in [6.07, 6.45) is -0.769. The van der Waals surface area contributed by atoms with Crippen molar-refractivity contribution >= 4 is 11.6 Å². The van der Waals surface area contributed by atoms with E-state index in [1.807, 2.05) is 13.0 Å². The van der Waals surface area contributed by atoms with Crippen molar-refractivity contribution in [2.24, 2.45) is 0 Å². The maximum atomic E-state index is 13.6. The molecule has 1 N–H and O–H groups in total. The second-order valence-corrected chi connectivity index (χ2v) is 5.29. The molecule has 0 spiro atoms. The first-order valence-corrected chi connectivity index (χ1v) is 6.48. The van der Waals surface area contributed by atoms with Gasteiger partial charge in [0.25, 0.3) is 0 Å². The quantitative estimate of drug-likeness (QED) is 0.858. The lowest BCUT2D eigenvalue weighted by Gasteiger charge is -2.15. The normalized spacial score (nSPS) is 12.5. The van der Waals surface area contributed by atoms with Crippen molar-refractivity contribution in [1.82, 2.24) is 0 Å². The summed E-state index contributed by atoms with van der Waals surface area (Å²) < 4.78 is 13.6. The molecule has 0 saturated heterocycles. The molecule has 0 aliphatic heterocycles. The van der Waals surface area contributed by atoms with E-state index in [4.69, 9.17) is 11.6 Å². The third kappa shape index (κ3) is 2.80. The minimum atomic E-state index is -0.769. The van der Waals surface area contributed by atoms with Crippen molar-refractivity contribution in [3.8, 4) is 0 Å². The van der Waals surface area contributed by atoms with Gasteiger partial charge in [-0.15, -0.1) is 0 Å². The molecule has 3 heteroatoms. The van der Waals surface area contributed by atoms with Gasteiger partial charge < -0.3 is 5.11 Å². The van der Waals surface area contributed by atoms with Crippen molar-refractivity contribution in [3.63, 3.8) is 0 Å². The molecule has 2 rings (SSSR count). The van der Waals surface area contributed by atoms with Gasteiger partial charge in [0.1, 0.15) is 11.9 Å². The zero-order chi connectivity index (χ0) is 14.2. The van der Waals surface area contributed by atoms with E-state index in [1.165, 1.54) is 0 Å². The second-order valence-electron chi connectivity index (χ2n) is 4.88. The summed E-state index contributed by atoms with van der Waals surface area (Å²) >= 11 is 5.97. The largest absolute Gasteiger partial charge is 0.384 e. The molecular weight excluding hydrogens is 263 g/mol. The lowest BCUT2D eigenvalue weighted by atomic mass is 9.96. The summed E-state index contributed by atoms with van der Waals surface area (Å²) in [5, 5.41) is 11.1. The molecular formula is C16H16ClFO. The predicted octanol–water partition coefficient (Wildman–Crippen LogP) is 4.49. The van der Waals surface area contributed by atoms with Gasteiger partial charge in [-0.2, -0.15) is 0 Å². The standard InChI is InChI=1S/C16H16ClFO/c1-9-6-12(4-5-14(9)17)16(19)13-7-10(2)15(18)11(3)8-13/h4-8,16,19H,1-3H3. The highest BCUT2D eigenvalue weighted by Crippen LogP contribution is 2.27. The summed E-state index contributed by atoms with van der Waals surface area (Å²) in [5.74, 6) is -0.219. The Morgan fingerprint density at radius 3 is 2.00 bits per heavy atom. The van der Waals surface area contributed by atoms with Crippen molar-refractivity contribution in [1.29, 1.82) is 0 Å². The van der Waals surface area contributed by atoms with Gasteiger partial charge in [-0.25, -0.2) is 4.39 Å². The molecule has 0 bridgehead atoms. The molecule has 0 aliphatic rings. The van der Waals surface area contributed by atoms with Crippen LogP contribution in [0.2, 0.25) is 5.02 Å². The van der Waals surface area contributed by atoms with Crippen LogP contribution in [0.15, 0.2) is 30.3 Å². The minimum absolute atomic E-state index is 0.219. The van der Waals surface area contributed by atoms with Crippen LogP contribution in [0.4, 0.5) is 4.39 Å². The van der Waals surface area contributed by atoms with Gasteiger partial charge in [0, 0.05) is 5.02 Å². The molecule has 1 nitrogen and oxygen atoms in total. The number of aliphatic hydroxyl groups is 1. The highest BCUT2D eigenvalue weighted by atomic mass is 35.5. The fourth-order valence-corrected chi connectivity index (χ4v) is 2.29. The maximum Gasteiger partial charge on any atom is 0.129 e. The number of rotatable bonds is 2. The van der Waals surface area contributed by atoms with Crippen molar-refractivity contribution in [3.05, 3.63) is 69.0 Å². The van der Waals surface area contributed by atoms with Crippen molar-refractivity contribution in [2.75, 3.05) is 0 Å². The number of hydrogen-bond donors (Lipinski definition) is 1. The van der Waals surface area contributed by atoms with E-state index in [1.54, 1.807) is 38.1 Å². The monoisotopic (exact) mass is 278 g/mol. The number of aryl methyl sites for hydroxylation is 3. The molecule has 0 heterocycles. The molecule has 19 heavy (non-hydrogen) atoms. The number of aliphatic hydroxyl groups excluding tert-OH is 1. The average molecular weight is 279 g/mol. The van der Waals surface area contributed by atoms with Crippen LogP contribution in [-0.2, 0) is 0 Å². The summed E-state index contributed by atoms with van der Waals surface area (Å²) in [7, 11) is 0. The van der Waals surface area contributed by atoms with Crippen LogP contribution < -0.4 is 0 Å². The average Bonchev–Trinajstić information content (AvgIpc) is 2.37. The molecule has 0 amide bonds. The molecule has 0 radical (unpaired) electrons. The number of benzene rings is 2. The van der Waals surface area contributed by atoms with Crippen LogP contribution in [0.3, 0.4) is 0 Å². The molecule has 0 aromatic heterocycles. The van der Waals surface area contributed by atoms with E-state index in [9.17, 15) is 9.50 Å². The van der Waals surface area contributed by atoms with Gasteiger partial charge in [0.2, 0.25) is 0 Å². The fourth-order valence-electron chi connectivity index (χ4n) is 2.17. The van der Waals surface area contributed by atoms with Crippen LogP contribution in [-0.4, -0.2) is 5.11 Å². The molecule has 2 aromatic rings. The summed E-state index contributed by atoms with van der Waals surface area (Å²) in [4.78, 5) is 0. The van der Waals surface area contributed by atoms with Crippen LogP contribution in [0.5, 0.6) is 0 Å². The first-order valence-electron chi connectivity index (χ1n) is 6.11. The second kappa shape index (κ2) is 5.32. The minimum Gasteiger partial charge on any atom is -0.384 e. The smallest absolute Gasteiger partial charge is 0.129 e. The third-order valence-corrected chi connectivity index (χ3v) is 3.70. The highest BCUT2D eigenvalue weighted by Gasteiger charge is 2.14. The van der Waals surface area contributed by atoms with Crippen LogP contribution >= 0.6 is 11.6 Å². The topological polar surface area (TPSA) is 20.2 Å². The van der Waals surface area contributed by atoms with Crippen molar-refractivity contribution in [2.45, 2.75) is 26.9 Å². The van der Waals surface area contributed by atoms with Gasteiger partial charge in [0.05, 0.1) is 0 Å². The van der Waals surface area contributed by atoms with E-state index in [-0.39, 0.29) is 5.82 Å². The fraction of sp³-hybridized carbons (Fsp3) is 0.250. The van der Waals surface area contributed by atoms with E-state index in [0.717, 1.165) is 11.1 Å². The summed E-state index contributed by atoms with van der Waals surface area (Å²) in [6.45, 7) is 5.29. The Balaban J connectivity index is 2.43. The van der Waals surface area contributed by atoms with Crippen LogP contribution in [0, 0.1) is 26.6 Å². The van der Waals surface area contributed by atoms with E-state index < -0.39 is 6.10 Å². The zero-order valence-corrected chi connectivity index (χ0v) is 11.9. The van der Waals surface area contributed by atoms with Crippen LogP contribution in [0.25, 0.3) is 0 Å². The molecule has 1 unspecified atom stereocenters. The van der Waals surface area contributed by atoms with Gasteiger partial charge in [-0.3, -0.25) is 0 Å². The maximum absolute atomic E-state index is 13.6. The van der Waals surface area contributed by atoms with Crippen molar-refractivity contribution < 1.29 is 9.50 Å². The lowest BCUT2D eigenvalue weighted by Crippen LogP contribution is -2.02. The van der Waals surface area contributed by atoms with Gasteiger partial charge in [-0.05, 0) is 54.7 Å². The van der Waals surface area contributed by atoms with Gasteiger partial charge >= 0.3 is 0 Å². The first-order chi connectivity index (χ1) is 8.90. The molecule has 1 atom stereocenters. The Morgan fingerprint density at radius 2 is 1.47 bits per heavy atom. The van der Waals surface area contributed by atoms with E-state index in [2.05, 4.69) is 0 Å². The Bertz CT molecular complexity index is 599. The first kappa shape index (κ1) is 14.0. The number of hydrogen-bond acceptors (Lipinski definition) is 1. The number of halogens is 2. The SMILES string of the molecule is Cc1cc(C(O)c2cc(C)c(F)c(C)c2)ccc1Cl. The Labute approximate surface area is 117 Å². The molecule has 0 saturated carbocycles. The molecule has 0 aliphatic carbocycles. The van der Waals surface area contributed by atoms with Gasteiger partial charge in [-0.1, -0.05) is 35.9 Å². The third-order valence-electron chi connectivity index (χ3n) is 3.27. The highest BCUT2D eigenvalue weighted by molar-refractivity contribution is 6.31. The summed E-state index contributed by atoms with van der Waals surface area (Å²) in [6, 6.07) is 8.75. The van der Waals surface area contributed by atoms with Gasteiger partial charge in [0.15, 0.2) is 0 Å². The molecule has 0 fully saturated rings.